The fourth-order valence-corrected chi connectivity index (χ4v) is 4.78. The van der Waals surface area contributed by atoms with Gasteiger partial charge in [-0.15, -0.1) is 10.2 Å². The number of rotatable bonds is 7. The quantitative estimate of drug-likeness (QED) is 0.414. The number of para-hydroxylation sites is 1. The summed E-state index contributed by atoms with van der Waals surface area (Å²) in [6.45, 7) is 0.243. The highest BCUT2D eigenvalue weighted by Gasteiger charge is 2.38. The Kier molecular flexibility index (Phi) is 6.35. The molecule has 9 heteroatoms. The second-order valence-corrected chi connectivity index (χ2v) is 8.72. The molecule has 5 rings (SSSR count). The number of thioether (sulfide) groups is 1. The van der Waals surface area contributed by atoms with Crippen molar-refractivity contribution in [3.63, 3.8) is 0 Å². The highest BCUT2D eigenvalue weighted by molar-refractivity contribution is 8.00. The maximum Gasteiger partial charge on any atom is 0.240 e. The molecule has 2 heterocycles. The van der Waals surface area contributed by atoms with Crippen LogP contribution in [0.3, 0.4) is 0 Å². The molecule has 0 radical (unpaired) electrons. The van der Waals surface area contributed by atoms with Gasteiger partial charge in [0, 0.05) is 11.8 Å². The van der Waals surface area contributed by atoms with Gasteiger partial charge in [0.15, 0.2) is 5.82 Å². The third-order valence-corrected chi connectivity index (χ3v) is 6.58. The number of benzene rings is 3. The zero-order valence-corrected chi connectivity index (χ0v) is 19.2. The molecule has 1 amide bonds. The lowest BCUT2D eigenvalue weighted by Gasteiger charge is -2.33. The highest BCUT2D eigenvalue weighted by Crippen LogP contribution is 2.37. The minimum atomic E-state index is -0.479. The molecule has 2 N–H and O–H groups in total. The van der Waals surface area contributed by atoms with E-state index in [0.29, 0.717) is 22.4 Å². The van der Waals surface area contributed by atoms with Crippen molar-refractivity contribution in [3.05, 3.63) is 96.3 Å². The van der Waals surface area contributed by atoms with Gasteiger partial charge in [-0.25, -0.2) is 4.68 Å². The van der Waals surface area contributed by atoms with Gasteiger partial charge in [0.05, 0.1) is 13.2 Å². The first-order chi connectivity index (χ1) is 16.7. The molecule has 4 aromatic rings. The van der Waals surface area contributed by atoms with Crippen molar-refractivity contribution in [1.82, 2.24) is 14.9 Å². The SMILES string of the molecule is COc1cccc(NC(=O)[C@H]2Sc3nnc(COc4ccccc4)n3N[C@@H]2c2ccccc2)c1. The van der Waals surface area contributed by atoms with Crippen LogP contribution >= 0.6 is 11.8 Å². The first-order valence-corrected chi connectivity index (χ1v) is 11.6. The van der Waals surface area contributed by atoms with Crippen LogP contribution in [0.4, 0.5) is 5.69 Å². The Labute approximate surface area is 201 Å². The lowest BCUT2D eigenvalue weighted by Crippen LogP contribution is -2.41. The number of fused-ring (bicyclic) bond motifs is 1. The van der Waals surface area contributed by atoms with Crippen molar-refractivity contribution in [2.75, 3.05) is 17.9 Å². The van der Waals surface area contributed by atoms with E-state index in [-0.39, 0.29) is 18.6 Å². The molecular weight excluding hydrogens is 450 g/mol. The number of nitrogens with zero attached hydrogens (tertiary/aromatic N) is 3. The van der Waals surface area contributed by atoms with Crippen molar-refractivity contribution in [2.45, 2.75) is 23.1 Å². The molecule has 1 aliphatic rings. The number of nitrogens with one attached hydrogen (secondary N) is 2. The third kappa shape index (κ3) is 4.69. The molecule has 0 aliphatic carbocycles. The van der Waals surface area contributed by atoms with Crippen LogP contribution < -0.4 is 20.2 Å². The predicted molar refractivity (Wildman–Crippen MR) is 131 cm³/mol. The van der Waals surface area contributed by atoms with Crippen LogP contribution in [-0.2, 0) is 11.4 Å². The molecule has 34 heavy (non-hydrogen) atoms. The van der Waals surface area contributed by atoms with Crippen LogP contribution in [-0.4, -0.2) is 33.1 Å². The summed E-state index contributed by atoms with van der Waals surface area (Å²) < 4.78 is 12.9. The minimum Gasteiger partial charge on any atom is -0.497 e. The Hall–Kier alpha value is -3.98. The van der Waals surface area contributed by atoms with E-state index in [1.165, 1.54) is 11.8 Å². The maximum absolute atomic E-state index is 13.4. The van der Waals surface area contributed by atoms with Crippen LogP contribution in [0.5, 0.6) is 11.5 Å². The zero-order chi connectivity index (χ0) is 23.3. The molecule has 0 bridgehead atoms. The number of ether oxygens (including phenoxy) is 2. The number of amides is 1. The number of methoxy groups -OCH3 is 1. The monoisotopic (exact) mass is 473 g/mol. The van der Waals surface area contributed by atoms with Crippen LogP contribution in [0.1, 0.15) is 17.4 Å². The van der Waals surface area contributed by atoms with E-state index in [1.54, 1.807) is 17.9 Å². The molecule has 1 aromatic heterocycles. The normalized spacial score (nSPS) is 16.7. The molecule has 0 fully saturated rings. The minimum absolute atomic E-state index is 0.143. The molecule has 0 saturated heterocycles. The summed E-state index contributed by atoms with van der Waals surface area (Å²) in [6.07, 6.45) is 0. The number of hydrogen-bond acceptors (Lipinski definition) is 7. The van der Waals surface area contributed by atoms with E-state index in [1.807, 2.05) is 78.9 Å². The van der Waals surface area contributed by atoms with Crippen LogP contribution in [0.15, 0.2) is 90.1 Å². The largest absolute Gasteiger partial charge is 0.497 e. The van der Waals surface area contributed by atoms with Gasteiger partial charge in [0.25, 0.3) is 0 Å². The summed E-state index contributed by atoms with van der Waals surface area (Å²) in [5, 5.41) is 11.7. The Morgan fingerprint density at radius 1 is 1.00 bits per heavy atom. The van der Waals surface area contributed by atoms with E-state index in [9.17, 15) is 4.79 Å². The molecule has 0 saturated carbocycles. The number of carbonyl (C=O) groups excluding carboxylic acids is 1. The molecule has 3 aromatic carbocycles. The van der Waals surface area contributed by atoms with Gasteiger partial charge in [-0.2, -0.15) is 0 Å². The lowest BCUT2D eigenvalue weighted by atomic mass is 10.0. The fraction of sp³-hybridized carbons (Fsp3) is 0.160. The van der Waals surface area contributed by atoms with Gasteiger partial charge in [-0.3, -0.25) is 4.79 Å². The third-order valence-electron chi connectivity index (χ3n) is 5.37. The number of hydrogen-bond donors (Lipinski definition) is 2. The highest BCUT2D eigenvalue weighted by atomic mass is 32.2. The van der Waals surface area contributed by atoms with Crippen LogP contribution in [0, 0.1) is 0 Å². The second-order valence-electron chi connectivity index (χ2n) is 7.61. The summed E-state index contributed by atoms with van der Waals surface area (Å²) in [4.78, 5) is 13.4. The van der Waals surface area contributed by atoms with Crippen molar-refractivity contribution in [1.29, 1.82) is 0 Å². The number of carbonyl (C=O) groups is 1. The number of aromatic nitrogens is 3. The second kappa shape index (κ2) is 9.88. The summed E-state index contributed by atoms with van der Waals surface area (Å²) in [7, 11) is 1.60. The Morgan fingerprint density at radius 2 is 1.74 bits per heavy atom. The molecule has 2 atom stereocenters. The lowest BCUT2D eigenvalue weighted by molar-refractivity contribution is -0.116. The van der Waals surface area contributed by atoms with Gasteiger partial charge >= 0.3 is 0 Å². The molecule has 172 valence electrons. The van der Waals surface area contributed by atoms with E-state index in [2.05, 4.69) is 20.9 Å². The zero-order valence-electron chi connectivity index (χ0n) is 18.4. The molecule has 0 spiro atoms. The van der Waals surface area contributed by atoms with Crippen molar-refractivity contribution in [2.24, 2.45) is 0 Å². The van der Waals surface area contributed by atoms with Crippen molar-refractivity contribution >= 4 is 23.4 Å². The van der Waals surface area contributed by atoms with Crippen LogP contribution in [0.25, 0.3) is 0 Å². The first kappa shape index (κ1) is 21.8. The van der Waals surface area contributed by atoms with Gasteiger partial charge < -0.3 is 20.2 Å². The smallest absolute Gasteiger partial charge is 0.240 e. The average Bonchev–Trinajstić information content (AvgIpc) is 3.30. The molecule has 1 aliphatic heterocycles. The number of anilines is 1. The summed E-state index contributed by atoms with van der Waals surface area (Å²) >= 11 is 1.37. The Balaban J connectivity index is 1.40. The van der Waals surface area contributed by atoms with Gasteiger partial charge in [-0.1, -0.05) is 66.4 Å². The molecule has 0 unspecified atom stereocenters. The van der Waals surface area contributed by atoms with Gasteiger partial charge in [-0.05, 0) is 29.8 Å². The van der Waals surface area contributed by atoms with Crippen molar-refractivity contribution in [3.8, 4) is 11.5 Å². The fourth-order valence-electron chi connectivity index (χ4n) is 3.68. The first-order valence-electron chi connectivity index (χ1n) is 10.8. The van der Waals surface area contributed by atoms with E-state index in [0.717, 1.165) is 11.3 Å². The van der Waals surface area contributed by atoms with Crippen LogP contribution in [0.2, 0.25) is 0 Å². The molecular formula is C25H23N5O3S. The van der Waals surface area contributed by atoms with Crippen molar-refractivity contribution < 1.29 is 14.3 Å². The van der Waals surface area contributed by atoms with E-state index < -0.39 is 5.25 Å². The predicted octanol–water partition coefficient (Wildman–Crippen LogP) is 4.26. The van der Waals surface area contributed by atoms with Gasteiger partial charge in [0.1, 0.15) is 23.4 Å². The Morgan fingerprint density at radius 3 is 2.50 bits per heavy atom. The summed E-state index contributed by atoms with van der Waals surface area (Å²) in [5.74, 6) is 1.91. The topological polar surface area (TPSA) is 90.3 Å². The van der Waals surface area contributed by atoms with Gasteiger partial charge in [0.2, 0.25) is 11.1 Å². The molecule has 8 nitrogen and oxygen atoms in total. The standard InChI is InChI=1S/C25H23N5O3S/c1-32-20-14-8-11-18(15-20)26-24(31)23-22(17-9-4-2-5-10-17)29-30-21(27-28-25(30)34-23)16-33-19-12-6-3-7-13-19/h2-15,22-23,29H,16H2,1H3,(H,26,31)/t22-,23+/m1/s1. The summed E-state index contributed by atoms with van der Waals surface area (Å²) in [6, 6.07) is 26.4. The van der Waals surface area contributed by atoms with E-state index in [4.69, 9.17) is 9.47 Å². The maximum atomic E-state index is 13.4. The summed E-state index contributed by atoms with van der Waals surface area (Å²) in [5.41, 5.74) is 5.09. The average molecular weight is 474 g/mol. The van der Waals surface area contributed by atoms with E-state index >= 15 is 0 Å². The Bertz CT molecular complexity index is 1270.